The molecule has 0 bridgehead atoms. The number of alkyl halides is 6. The zero-order chi connectivity index (χ0) is 49.8. The fourth-order valence-corrected chi connectivity index (χ4v) is 11.2. The summed E-state index contributed by atoms with van der Waals surface area (Å²) < 4.78 is 80.8. The maximum Gasteiger partial charge on any atom is 0.416 e. The number of benzene rings is 6. The molecule has 0 spiro atoms. The summed E-state index contributed by atoms with van der Waals surface area (Å²) in [6.07, 6.45) is -3.98. The number of hydrogen-bond donors (Lipinski definition) is 2. The number of unbranched alkanes of at least 4 members (excludes halogenated alkanes) is 3. The fraction of sp³-hybridized carbons (Fsp3) is 0.328. The van der Waals surface area contributed by atoms with E-state index in [2.05, 4.69) is 15.5 Å². The van der Waals surface area contributed by atoms with Gasteiger partial charge in [-0.15, -0.1) is 0 Å². The fourth-order valence-electron chi connectivity index (χ4n) is 11.2. The van der Waals surface area contributed by atoms with Crippen molar-refractivity contribution in [3.05, 3.63) is 179 Å². The Balaban J connectivity index is 0.850. The van der Waals surface area contributed by atoms with Crippen molar-refractivity contribution in [1.82, 2.24) is 20.4 Å². The summed E-state index contributed by atoms with van der Waals surface area (Å²) in [6, 6.07) is 42.6. The molecule has 1 fully saturated rings. The van der Waals surface area contributed by atoms with Gasteiger partial charge in [0.25, 0.3) is 5.91 Å². The molecule has 9 rings (SSSR count). The maximum absolute atomic E-state index is 14.8. The number of nitrogens with zero attached hydrogens (tertiary/aromatic N) is 2. The molecule has 3 aliphatic rings. The van der Waals surface area contributed by atoms with Crippen LogP contribution in [0.25, 0.3) is 33.4 Å². The van der Waals surface area contributed by atoms with Gasteiger partial charge in [0.2, 0.25) is 11.8 Å². The minimum Gasteiger partial charge on any atom is -0.355 e. The molecule has 0 unspecified atom stereocenters. The number of hydrogen-bond acceptors (Lipinski definition) is 4. The zero-order valence-corrected chi connectivity index (χ0v) is 39.3. The van der Waals surface area contributed by atoms with E-state index >= 15 is 0 Å². The largest absolute Gasteiger partial charge is 0.416 e. The van der Waals surface area contributed by atoms with Gasteiger partial charge in [-0.05, 0) is 125 Å². The molecule has 368 valence electrons. The van der Waals surface area contributed by atoms with Gasteiger partial charge in [-0.1, -0.05) is 134 Å². The van der Waals surface area contributed by atoms with Crippen LogP contribution in [0.4, 0.5) is 26.3 Å². The van der Waals surface area contributed by atoms with Crippen LogP contribution in [0.5, 0.6) is 0 Å². The standard InChI is InChI=1S/C58H56F6N4O3/c59-57(60,61)38-66-55(71)56(50-24-10-8-19-45(50)46-20-9-11-25-51(46)56)32-12-15-34-67-36-30-41(31-37-67)68(54(70)49-23-7-2-16-42(49)39-26-28-40(29-27-39)58(62,63)64)35-14-1-13-33-65-53(69)52-47-21-5-3-17-43(47)44-18-4-6-22-48(44)52/h2-11,16-29,41,52H,1,12-15,30-38H2,(H,65,69)(H,66,71). The first-order chi connectivity index (χ1) is 34.2. The van der Waals surface area contributed by atoms with Gasteiger partial charge in [0.15, 0.2) is 0 Å². The number of fused-ring (bicyclic) bond motifs is 6. The minimum atomic E-state index is -4.56. The quantitative estimate of drug-likeness (QED) is 0.0705. The Bertz CT molecular complexity index is 2780. The molecule has 3 amide bonds. The lowest BCUT2D eigenvalue weighted by Gasteiger charge is -2.39. The monoisotopic (exact) mass is 970 g/mol. The van der Waals surface area contributed by atoms with E-state index in [1.165, 1.54) is 12.1 Å². The molecule has 1 heterocycles. The number of nitrogens with one attached hydrogen (secondary N) is 2. The van der Waals surface area contributed by atoms with Gasteiger partial charge in [-0.2, -0.15) is 26.3 Å². The van der Waals surface area contributed by atoms with Gasteiger partial charge in [0, 0.05) is 37.8 Å². The second kappa shape index (κ2) is 20.9. The Morgan fingerprint density at radius 3 is 1.73 bits per heavy atom. The van der Waals surface area contributed by atoms with E-state index < -0.39 is 35.8 Å². The van der Waals surface area contributed by atoms with E-state index in [0.717, 1.165) is 51.9 Å². The van der Waals surface area contributed by atoms with E-state index in [9.17, 15) is 40.7 Å². The molecule has 1 saturated heterocycles. The van der Waals surface area contributed by atoms with Gasteiger partial charge in [0.1, 0.15) is 12.0 Å². The summed E-state index contributed by atoms with van der Waals surface area (Å²) in [4.78, 5) is 46.7. The maximum atomic E-state index is 14.8. The average molecular weight is 971 g/mol. The SMILES string of the molecule is O=C(NCCCCCN(C(=O)c1ccccc1-c1ccc(C(F)(F)F)cc1)C1CCN(CCCCC2(C(=O)NCC(F)(F)F)c3ccccc3-c3ccccc32)CC1)C1c2ccccc2-c2ccccc21. The Morgan fingerprint density at radius 1 is 0.592 bits per heavy atom. The smallest absolute Gasteiger partial charge is 0.355 e. The third-order valence-electron chi connectivity index (χ3n) is 14.6. The van der Waals surface area contributed by atoms with E-state index in [1.54, 1.807) is 24.3 Å². The number of piperidine rings is 1. The number of halogens is 6. The summed E-state index contributed by atoms with van der Waals surface area (Å²) in [5.74, 6) is -1.30. The molecule has 0 atom stereocenters. The minimum absolute atomic E-state index is 0.0500. The van der Waals surface area contributed by atoms with Crippen molar-refractivity contribution in [2.24, 2.45) is 0 Å². The highest BCUT2D eigenvalue weighted by atomic mass is 19.4. The Hall–Kier alpha value is -6.73. The zero-order valence-electron chi connectivity index (χ0n) is 39.3. The topological polar surface area (TPSA) is 81.8 Å². The Morgan fingerprint density at radius 2 is 1.14 bits per heavy atom. The van der Waals surface area contributed by atoms with Crippen LogP contribution in [0.3, 0.4) is 0 Å². The van der Waals surface area contributed by atoms with Gasteiger partial charge in [0.05, 0.1) is 11.5 Å². The second-order valence-electron chi connectivity index (χ2n) is 18.9. The van der Waals surface area contributed by atoms with E-state index in [1.807, 2.05) is 102 Å². The van der Waals surface area contributed by atoms with Gasteiger partial charge in [-0.3, -0.25) is 14.4 Å². The number of carbonyl (C=O) groups excluding carboxylic acids is 3. The van der Waals surface area contributed by atoms with E-state index in [4.69, 9.17) is 0 Å². The molecule has 2 N–H and O–H groups in total. The van der Waals surface area contributed by atoms with Crippen LogP contribution in [0, 0.1) is 0 Å². The van der Waals surface area contributed by atoms with Crippen LogP contribution in [-0.4, -0.2) is 79.0 Å². The van der Waals surface area contributed by atoms with E-state index in [-0.39, 0.29) is 23.8 Å². The summed E-state index contributed by atoms with van der Waals surface area (Å²) >= 11 is 0. The first kappa shape index (κ1) is 49.3. The predicted molar refractivity (Wildman–Crippen MR) is 264 cm³/mol. The van der Waals surface area contributed by atoms with E-state index in [0.29, 0.717) is 105 Å². The molecule has 2 aliphatic carbocycles. The summed E-state index contributed by atoms with van der Waals surface area (Å²) in [6.45, 7) is 1.58. The van der Waals surface area contributed by atoms with Gasteiger partial charge >= 0.3 is 12.4 Å². The van der Waals surface area contributed by atoms with Crippen molar-refractivity contribution < 1.29 is 40.7 Å². The molecule has 7 nitrogen and oxygen atoms in total. The van der Waals surface area contributed by atoms with Crippen LogP contribution in [-0.2, 0) is 21.2 Å². The van der Waals surface area contributed by atoms with Crippen molar-refractivity contribution >= 4 is 17.7 Å². The third kappa shape index (κ3) is 10.4. The van der Waals surface area contributed by atoms with Gasteiger partial charge in [-0.25, -0.2) is 0 Å². The van der Waals surface area contributed by atoms with Crippen molar-refractivity contribution in [3.8, 4) is 33.4 Å². The van der Waals surface area contributed by atoms with Crippen molar-refractivity contribution in [2.75, 3.05) is 39.3 Å². The number of likely N-dealkylation sites (tertiary alicyclic amines) is 1. The number of amides is 3. The predicted octanol–water partition coefficient (Wildman–Crippen LogP) is 12.2. The molecule has 6 aromatic rings. The normalized spacial score (nSPS) is 15.4. The Labute approximate surface area is 410 Å². The molecule has 13 heteroatoms. The average Bonchev–Trinajstić information content (AvgIpc) is 3.87. The summed E-state index contributed by atoms with van der Waals surface area (Å²) in [5.41, 5.74) is 6.63. The van der Waals surface area contributed by atoms with Crippen molar-refractivity contribution in [3.63, 3.8) is 0 Å². The molecular formula is C58H56F6N4O3. The first-order valence-corrected chi connectivity index (χ1v) is 24.5. The highest BCUT2D eigenvalue weighted by Crippen LogP contribution is 2.52. The van der Waals surface area contributed by atoms with Crippen LogP contribution in [0.1, 0.15) is 95.5 Å². The molecule has 0 radical (unpaired) electrons. The lowest BCUT2D eigenvalue weighted by Crippen LogP contribution is -2.48. The van der Waals surface area contributed by atoms with Gasteiger partial charge < -0.3 is 20.4 Å². The molecule has 6 aromatic carbocycles. The molecule has 0 saturated carbocycles. The first-order valence-electron chi connectivity index (χ1n) is 24.5. The molecule has 0 aromatic heterocycles. The van der Waals surface area contributed by atoms with Crippen LogP contribution >= 0.6 is 0 Å². The van der Waals surface area contributed by atoms with Crippen molar-refractivity contribution in [1.29, 1.82) is 0 Å². The van der Waals surface area contributed by atoms with Crippen LogP contribution < -0.4 is 10.6 Å². The highest BCUT2D eigenvalue weighted by Gasteiger charge is 2.49. The number of rotatable bonds is 17. The lowest BCUT2D eigenvalue weighted by atomic mass is 9.73. The number of carbonyl (C=O) groups is 3. The summed E-state index contributed by atoms with van der Waals surface area (Å²) in [5, 5.41) is 5.37. The molecular weight excluding hydrogens is 915 g/mol. The van der Waals surface area contributed by atoms with Crippen LogP contribution in [0.2, 0.25) is 0 Å². The highest BCUT2D eigenvalue weighted by molar-refractivity contribution is 6.02. The summed E-state index contributed by atoms with van der Waals surface area (Å²) in [7, 11) is 0. The van der Waals surface area contributed by atoms with Crippen molar-refractivity contribution in [2.45, 2.75) is 81.1 Å². The lowest BCUT2D eigenvalue weighted by molar-refractivity contribution is -0.141. The van der Waals surface area contributed by atoms with Crippen LogP contribution in [0.15, 0.2) is 146 Å². The Kier molecular flexibility index (Phi) is 14.5. The molecule has 1 aliphatic heterocycles. The third-order valence-corrected chi connectivity index (χ3v) is 14.6. The second-order valence-corrected chi connectivity index (χ2v) is 18.9. The molecule has 71 heavy (non-hydrogen) atoms.